The lowest BCUT2D eigenvalue weighted by atomic mass is 10.4. The van der Waals surface area contributed by atoms with E-state index in [-0.39, 0.29) is 0 Å². The van der Waals surface area contributed by atoms with Crippen LogP contribution in [0, 0.1) is 0 Å². The summed E-state index contributed by atoms with van der Waals surface area (Å²) < 4.78 is 1.92. The van der Waals surface area contributed by atoms with Gasteiger partial charge in [-0.15, -0.1) is 10.2 Å². The first kappa shape index (κ1) is 10.2. The van der Waals surface area contributed by atoms with Crippen LogP contribution in [-0.4, -0.2) is 27.9 Å². The highest BCUT2D eigenvalue weighted by molar-refractivity contribution is 6.25. The molecule has 1 heterocycles. The first-order valence-corrected chi connectivity index (χ1v) is 4.57. The summed E-state index contributed by atoms with van der Waals surface area (Å²) >= 11 is 5.36. The second kappa shape index (κ2) is 5.72. The maximum atomic E-state index is 5.36. The van der Waals surface area contributed by atoms with Crippen molar-refractivity contribution in [1.82, 2.24) is 20.1 Å². The fraction of sp³-hybridized carbons (Fsp3) is 0.500. The monoisotopic (exact) mass is 200 g/mol. The Kier molecular flexibility index (Phi) is 4.49. The average Bonchev–Trinajstić information content (AvgIpc) is 2.52. The van der Waals surface area contributed by atoms with Gasteiger partial charge in [-0.25, -0.2) is 0 Å². The molecule has 0 aromatic carbocycles. The molecule has 0 radical (unpaired) electrons. The largest absolute Gasteiger partial charge is 0.321 e. The SMILES string of the molecule is Cn1cnnc1CCNC/C=C/Cl. The van der Waals surface area contributed by atoms with Gasteiger partial charge in [-0.3, -0.25) is 0 Å². The fourth-order valence-electron chi connectivity index (χ4n) is 0.964. The van der Waals surface area contributed by atoms with E-state index in [0.717, 1.165) is 25.3 Å². The van der Waals surface area contributed by atoms with E-state index in [2.05, 4.69) is 15.5 Å². The molecule has 4 nitrogen and oxygen atoms in total. The minimum atomic E-state index is 0.793. The molecule has 13 heavy (non-hydrogen) atoms. The predicted octanol–water partition coefficient (Wildman–Crippen LogP) is 0.700. The Hall–Kier alpha value is -0.870. The molecule has 1 N–H and O–H groups in total. The van der Waals surface area contributed by atoms with Crippen molar-refractivity contribution >= 4 is 11.6 Å². The highest BCUT2D eigenvalue weighted by Gasteiger charge is 1.97. The van der Waals surface area contributed by atoms with Gasteiger partial charge in [0.15, 0.2) is 0 Å². The summed E-state index contributed by atoms with van der Waals surface area (Å²) in [7, 11) is 1.94. The molecule has 1 aromatic rings. The van der Waals surface area contributed by atoms with Gasteiger partial charge in [0, 0.05) is 32.1 Å². The highest BCUT2D eigenvalue weighted by Crippen LogP contribution is 1.90. The topological polar surface area (TPSA) is 42.7 Å². The minimum Gasteiger partial charge on any atom is -0.321 e. The van der Waals surface area contributed by atoms with E-state index >= 15 is 0 Å². The number of nitrogens with one attached hydrogen (secondary N) is 1. The normalized spacial score (nSPS) is 11.2. The van der Waals surface area contributed by atoms with Gasteiger partial charge in [-0.1, -0.05) is 17.7 Å². The van der Waals surface area contributed by atoms with Crippen molar-refractivity contribution in [1.29, 1.82) is 0 Å². The van der Waals surface area contributed by atoms with E-state index < -0.39 is 0 Å². The van der Waals surface area contributed by atoms with Crippen LogP contribution in [0.25, 0.3) is 0 Å². The zero-order valence-corrected chi connectivity index (χ0v) is 8.33. The van der Waals surface area contributed by atoms with Crippen LogP contribution in [0.4, 0.5) is 0 Å². The van der Waals surface area contributed by atoms with Gasteiger partial charge in [0.2, 0.25) is 0 Å². The van der Waals surface area contributed by atoms with E-state index in [1.54, 1.807) is 6.33 Å². The quantitative estimate of drug-likeness (QED) is 0.712. The van der Waals surface area contributed by atoms with Crippen molar-refractivity contribution in [3.63, 3.8) is 0 Å². The van der Waals surface area contributed by atoms with Gasteiger partial charge in [0.25, 0.3) is 0 Å². The summed E-state index contributed by atoms with van der Waals surface area (Å²) in [4.78, 5) is 0. The summed E-state index contributed by atoms with van der Waals surface area (Å²) in [5.74, 6) is 0.988. The number of rotatable bonds is 5. The van der Waals surface area contributed by atoms with Crippen LogP contribution in [0.1, 0.15) is 5.82 Å². The van der Waals surface area contributed by atoms with Crippen LogP contribution >= 0.6 is 11.6 Å². The van der Waals surface area contributed by atoms with Crippen LogP contribution in [0.2, 0.25) is 0 Å². The molecule has 0 spiro atoms. The maximum absolute atomic E-state index is 5.36. The Bertz CT molecular complexity index is 269. The Balaban J connectivity index is 2.16. The van der Waals surface area contributed by atoms with Crippen molar-refractivity contribution in [2.45, 2.75) is 6.42 Å². The van der Waals surface area contributed by atoms with Gasteiger partial charge in [-0.05, 0) is 0 Å². The summed E-state index contributed by atoms with van der Waals surface area (Å²) in [6.45, 7) is 1.68. The Labute approximate surface area is 82.6 Å². The lowest BCUT2D eigenvalue weighted by Crippen LogP contribution is -2.18. The van der Waals surface area contributed by atoms with Crippen molar-refractivity contribution < 1.29 is 0 Å². The smallest absolute Gasteiger partial charge is 0.133 e. The maximum Gasteiger partial charge on any atom is 0.133 e. The third-order valence-corrected chi connectivity index (χ3v) is 1.86. The molecule has 0 unspecified atom stereocenters. The number of hydrogen-bond acceptors (Lipinski definition) is 3. The molecule has 0 atom stereocenters. The van der Waals surface area contributed by atoms with E-state index in [1.807, 2.05) is 17.7 Å². The third kappa shape index (κ3) is 3.57. The van der Waals surface area contributed by atoms with E-state index in [1.165, 1.54) is 5.54 Å². The summed E-state index contributed by atoms with van der Waals surface area (Å²) in [6, 6.07) is 0. The molecule has 0 aliphatic heterocycles. The van der Waals surface area contributed by atoms with Crippen molar-refractivity contribution in [2.75, 3.05) is 13.1 Å². The first-order valence-electron chi connectivity index (χ1n) is 4.13. The molecule has 1 rings (SSSR count). The Morgan fingerprint density at radius 1 is 1.69 bits per heavy atom. The van der Waals surface area contributed by atoms with Crippen LogP contribution in [0.15, 0.2) is 17.9 Å². The summed E-state index contributed by atoms with van der Waals surface area (Å²) in [5, 5.41) is 10.9. The predicted molar refractivity (Wildman–Crippen MR) is 52.6 cm³/mol. The first-order chi connectivity index (χ1) is 6.34. The molecule has 5 heteroatoms. The molecule has 0 bridgehead atoms. The Morgan fingerprint density at radius 2 is 2.54 bits per heavy atom. The molecule has 72 valence electrons. The van der Waals surface area contributed by atoms with Crippen molar-refractivity contribution in [3.05, 3.63) is 23.8 Å². The van der Waals surface area contributed by atoms with Crippen molar-refractivity contribution in [2.24, 2.45) is 7.05 Å². The van der Waals surface area contributed by atoms with Crippen molar-refractivity contribution in [3.8, 4) is 0 Å². The molecule has 0 amide bonds. The molecule has 1 aromatic heterocycles. The zero-order valence-electron chi connectivity index (χ0n) is 7.57. The standard InChI is InChI=1S/C8H13ClN4/c1-13-7-11-12-8(13)3-6-10-5-2-4-9/h2,4,7,10H,3,5-6H2,1H3/b4-2+. The highest BCUT2D eigenvalue weighted by atomic mass is 35.5. The van der Waals surface area contributed by atoms with Crippen LogP contribution < -0.4 is 5.32 Å². The molecular weight excluding hydrogens is 188 g/mol. The van der Waals surface area contributed by atoms with Crippen LogP contribution in [-0.2, 0) is 13.5 Å². The molecule has 0 aliphatic carbocycles. The van der Waals surface area contributed by atoms with Gasteiger partial charge >= 0.3 is 0 Å². The van der Waals surface area contributed by atoms with E-state index in [0.29, 0.717) is 0 Å². The van der Waals surface area contributed by atoms with Gasteiger partial charge < -0.3 is 9.88 Å². The number of aromatic nitrogens is 3. The molecule has 0 aliphatic rings. The molecule has 0 fully saturated rings. The molecular formula is C8H13ClN4. The summed E-state index contributed by atoms with van der Waals surface area (Å²) in [5.41, 5.74) is 1.51. The lowest BCUT2D eigenvalue weighted by molar-refractivity contribution is 0.691. The van der Waals surface area contributed by atoms with Crippen LogP contribution in [0.5, 0.6) is 0 Å². The van der Waals surface area contributed by atoms with E-state index in [9.17, 15) is 0 Å². The zero-order chi connectivity index (χ0) is 9.52. The van der Waals surface area contributed by atoms with E-state index in [4.69, 9.17) is 11.6 Å². The minimum absolute atomic E-state index is 0.793. The number of halogens is 1. The van der Waals surface area contributed by atoms with Gasteiger partial charge in [-0.2, -0.15) is 0 Å². The average molecular weight is 201 g/mol. The molecule has 0 saturated heterocycles. The number of hydrogen-bond donors (Lipinski definition) is 1. The lowest BCUT2D eigenvalue weighted by Gasteiger charge is -2.00. The third-order valence-electron chi connectivity index (χ3n) is 1.68. The number of nitrogens with zero attached hydrogens (tertiary/aromatic N) is 3. The fourth-order valence-corrected chi connectivity index (χ4v) is 1.05. The second-order valence-corrected chi connectivity index (χ2v) is 2.93. The van der Waals surface area contributed by atoms with Crippen LogP contribution in [0.3, 0.4) is 0 Å². The van der Waals surface area contributed by atoms with Gasteiger partial charge in [0.05, 0.1) is 0 Å². The van der Waals surface area contributed by atoms with Gasteiger partial charge in [0.1, 0.15) is 12.2 Å². The molecule has 0 saturated carbocycles. The Morgan fingerprint density at radius 3 is 3.15 bits per heavy atom. The number of aryl methyl sites for hydroxylation is 1. The second-order valence-electron chi connectivity index (χ2n) is 2.67. The summed E-state index contributed by atoms with van der Waals surface area (Å²) in [6.07, 6.45) is 4.44.